The Kier molecular flexibility index (Phi) is 4.10. The fraction of sp³-hybridized carbons (Fsp3) is 0.133. The van der Waals surface area contributed by atoms with E-state index in [9.17, 15) is 4.39 Å². The molecule has 3 aromatic rings. The molecule has 0 spiro atoms. The molecule has 102 valence electrons. The number of halogens is 2. The first-order valence-corrected chi connectivity index (χ1v) is 7.82. The van der Waals surface area contributed by atoms with Gasteiger partial charge in [-0.05, 0) is 35.9 Å². The fourth-order valence-corrected chi connectivity index (χ4v) is 3.30. The van der Waals surface area contributed by atoms with Crippen LogP contribution in [0.25, 0.3) is 10.2 Å². The van der Waals surface area contributed by atoms with Crippen molar-refractivity contribution < 1.29 is 4.39 Å². The van der Waals surface area contributed by atoms with Crippen LogP contribution in [0.1, 0.15) is 10.6 Å². The van der Waals surface area contributed by atoms with Gasteiger partial charge in [-0.15, -0.1) is 11.3 Å². The van der Waals surface area contributed by atoms with Crippen molar-refractivity contribution in [3.05, 3.63) is 63.3 Å². The first-order chi connectivity index (χ1) is 9.72. The van der Waals surface area contributed by atoms with E-state index < -0.39 is 0 Å². The summed E-state index contributed by atoms with van der Waals surface area (Å²) >= 11 is 5.11. The van der Waals surface area contributed by atoms with Gasteiger partial charge in [0.15, 0.2) is 0 Å². The van der Waals surface area contributed by atoms with Crippen LogP contribution >= 0.6 is 27.3 Å². The second-order valence-corrected chi connectivity index (χ2v) is 6.38. The molecule has 3 rings (SSSR count). The van der Waals surface area contributed by atoms with E-state index in [0.717, 1.165) is 20.6 Å². The summed E-state index contributed by atoms with van der Waals surface area (Å²) in [6.45, 7) is 1.29. The van der Waals surface area contributed by atoms with Crippen LogP contribution < -0.4 is 5.32 Å². The van der Waals surface area contributed by atoms with E-state index in [1.807, 2.05) is 18.2 Å². The Morgan fingerprint density at radius 3 is 2.85 bits per heavy atom. The lowest BCUT2D eigenvalue weighted by Crippen LogP contribution is -2.13. The molecular weight excluding hydrogens is 339 g/mol. The van der Waals surface area contributed by atoms with E-state index in [4.69, 9.17) is 0 Å². The molecule has 0 aliphatic heterocycles. The van der Waals surface area contributed by atoms with Crippen LogP contribution in [0, 0.1) is 5.82 Å². The molecule has 0 radical (unpaired) electrons. The first-order valence-electron chi connectivity index (χ1n) is 6.21. The van der Waals surface area contributed by atoms with Gasteiger partial charge in [0.25, 0.3) is 0 Å². The van der Waals surface area contributed by atoms with E-state index in [2.05, 4.69) is 32.3 Å². The van der Waals surface area contributed by atoms with E-state index in [1.165, 1.54) is 16.8 Å². The summed E-state index contributed by atoms with van der Waals surface area (Å²) in [5.41, 5.74) is 1.94. The van der Waals surface area contributed by atoms with E-state index >= 15 is 0 Å². The molecule has 0 amide bonds. The summed E-state index contributed by atoms with van der Waals surface area (Å²) in [6, 6.07) is 12.8. The minimum Gasteiger partial charge on any atom is -0.306 e. The molecule has 5 heteroatoms. The molecule has 0 aliphatic carbocycles. The number of benzene rings is 2. The highest BCUT2D eigenvalue weighted by molar-refractivity contribution is 9.10. The highest BCUT2D eigenvalue weighted by Gasteiger charge is 2.04. The number of hydrogen-bond acceptors (Lipinski definition) is 3. The van der Waals surface area contributed by atoms with Crippen molar-refractivity contribution in [2.75, 3.05) is 0 Å². The molecule has 20 heavy (non-hydrogen) atoms. The summed E-state index contributed by atoms with van der Waals surface area (Å²) in [4.78, 5) is 4.55. The number of rotatable bonds is 4. The maximum atomic E-state index is 13.2. The largest absolute Gasteiger partial charge is 0.306 e. The van der Waals surface area contributed by atoms with Crippen LogP contribution in [-0.4, -0.2) is 4.98 Å². The normalized spacial score (nSPS) is 11.1. The Balaban J connectivity index is 1.66. The standard InChI is InChI=1S/C15H12BrFN2S/c16-12-6-5-11(17)7-10(12)8-18-9-15-19-13-3-1-2-4-14(13)20-15/h1-7,18H,8-9H2. The lowest BCUT2D eigenvalue weighted by atomic mass is 10.2. The van der Waals surface area contributed by atoms with Gasteiger partial charge in [0.05, 0.1) is 10.2 Å². The minimum atomic E-state index is -0.218. The van der Waals surface area contributed by atoms with Crippen LogP contribution in [0.5, 0.6) is 0 Å². The average molecular weight is 351 g/mol. The molecule has 1 heterocycles. The molecule has 0 aliphatic rings. The summed E-state index contributed by atoms with van der Waals surface area (Å²) in [5, 5.41) is 4.34. The zero-order valence-electron chi connectivity index (χ0n) is 10.6. The maximum absolute atomic E-state index is 13.2. The van der Waals surface area contributed by atoms with Gasteiger partial charge in [0.2, 0.25) is 0 Å². The summed E-state index contributed by atoms with van der Waals surface area (Å²) in [5.74, 6) is -0.218. The van der Waals surface area contributed by atoms with Crippen molar-refractivity contribution in [1.29, 1.82) is 0 Å². The summed E-state index contributed by atoms with van der Waals surface area (Å²) < 4.78 is 15.3. The molecule has 0 bridgehead atoms. The Labute approximate surface area is 128 Å². The number of hydrogen-bond donors (Lipinski definition) is 1. The Hall–Kier alpha value is -1.30. The van der Waals surface area contributed by atoms with Crippen molar-refractivity contribution in [3.8, 4) is 0 Å². The van der Waals surface area contributed by atoms with Gasteiger partial charge in [-0.25, -0.2) is 9.37 Å². The molecule has 1 N–H and O–H groups in total. The molecule has 0 saturated heterocycles. The number of thiazole rings is 1. The third-order valence-electron chi connectivity index (χ3n) is 2.94. The molecule has 1 aromatic heterocycles. The summed E-state index contributed by atoms with van der Waals surface area (Å²) in [7, 11) is 0. The lowest BCUT2D eigenvalue weighted by Gasteiger charge is -2.05. The number of aromatic nitrogens is 1. The first kappa shape index (κ1) is 13.7. The minimum absolute atomic E-state index is 0.218. The molecular formula is C15H12BrFN2S. The number of fused-ring (bicyclic) bond motifs is 1. The number of para-hydroxylation sites is 1. The van der Waals surface area contributed by atoms with Crippen molar-refractivity contribution >= 4 is 37.5 Å². The van der Waals surface area contributed by atoms with Crippen LogP contribution in [0.4, 0.5) is 4.39 Å². The molecule has 0 atom stereocenters. The van der Waals surface area contributed by atoms with E-state index in [-0.39, 0.29) is 5.82 Å². The third kappa shape index (κ3) is 3.06. The number of nitrogens with one attached hydrogen (secondary N) is 1. The highest BCUT2D eigenvalue weighted by Crippen LogP contribution is 2.22. The van der Waals surface area contributed by atoms with Gasteiger partial charge in [-0.2, -0.15) is 0 Å². The van der Waals surface area contributed by atoms with Crippen molar-refractivity contribution in [1.82, 2.24) is 10.3 Å². The SMILES string of the molecule is Fc1ccc(Br)c(CNCc2nc3ccccc3s2)c1. The van der Waals surface area contributed by atoms with E-state index in [1.54, 1.807) is 17.4 Å². The monoisotopic (exact) mass is 350 g/mol. The molecule has 2 aromatic carbocycles. The van der Waals surface area contributed by atoms with Gasteiger partial charge in [0.1, 0.15) is 10.8 Å². The van der Waals surface area contributed by atoms with E-state index in [0.29, 0.717) is 13.1 Å². The van der Waals surface area contributed by atoms with Crippen LogP contribution in [0.15, 0.2) is 46.9 Å². The van der Waals surface area contributed by atoms with Crippen molar-refractivity contribution in [3.63, 3.8) is 0 Å². The van der Waals surface area contributed by atoms with Crippen LogP contribution in [0.3, 0.4) is 0 Å². The number of nitrogens with zero attached hydrogens (tertiary/aromatic N) is 1. The molecule has 0 unspecified atom stereocenters. The summed E-state index contributed by atoms with van der Waals surface area (Å²) in [6.07, 6.45) is 0. The molecule has 0 fully saturated rings. The quantitative estimate of drug-likeness (QED) is 0.749. The topological polar surface area (TPSA) is 24.9 Å². The zero-order chi connectivity index (χ0) is 13.9. The third-order valence-corrected chi connectivity index (χ3v) is 4.75. The van der Waals surface area contributed by atoms with Gasteiger partial charge in [-0.1, -0.05) is 28.1 Å². The van der Waals surface area contributed by atoms with Gasteiger partial charge in [-0.3, -0.25) is 0 Å². The smallest absolute Gasteiger partial charge is 0.123 e. The average Bonchev–Trinajstić information content (AvgIpc) is 2.85. The van der Waals surface area contributed by atoms with Crippen LogP contribution in [0.2, 0.25) is 0 Å². The predicted octanol–water partition coefficient (Wildman–Crippen LogP) is 4.49. The lowest BCUT2D eigenvalue weighted by molar-refractivity contribution is 0.619. The Morgan fingerprint density at radius 2 is 2.00 bits per heavy atom. The van der Waals surface area contributed by atoms with Crippen LogP contribution in [-0.2, 0) is 13.1 Å². The fourth-order valence-electron chi connectivity index (χ4n) is 1.98. The Bertz CT molecular complexity index is 709. The van der Waals surface area contributed by atoms with Crippen molar-refractivity contribution in [2.45, 2.75) is 13.1 Å². The second-order valence-electron chi connectivity index (χ2n) is 4.41. The molecule has 0 saturated carbocycles. The highest BCUT2D eigenvalue weighted by atomic mass is 79.9. The predicted molar refractivity (Wildman–Crippen MR) is 84.3 cm³/mol. The van der Waals surface area contributed by atoms with Gasteiger partial charge in [0, 0.05) is 17.6 Å². The zero-order valence-corrected chi connectivity index (χ0v) is 13.0. The second kappa shape index (κ2) is 5.99. The van der Waals surface area contributed by atoms with Crippen molar-refractivity contribution in [2.24, 2.45) is 0 Å². The Morgan fingerprint density at radius 1 is 1.15 bits per heavy atom. The van der Waals surface area contributed by atoms with Gasteiger partial charge >= 0.3 is 0 Å². The maximum Gasteiger partial charge on any atom is 0.123 e. The van der Waals surface area contributed by atoms with Gasteiger partial charge < -0.3 is 5.32 Å². The molecule has 2 nitrogen and oxygen atoms in total.